The standard InChI is InChI=1S/C16H22N2O3/c1-20-12-15(17-9-2-3-10-17)13-4-6-14(7-5-13)21-18-11-8-16(18)19/h4-7,15H,2-3,8-12H2,1H3. The predicted molar refractivity (Wildman–Crippen MR) is 78.8 cm³/mol. The minimum absolute atomic E-state index is 0.0494. The Morgan fingerprint density at radius 2 is 1.86 bits per heavy atom. The lowest BCUT2D eigenvalue weighted by molar-refractivity contribution is -0.174. The molecule has 2 aliphatic rings. The average molecular weight is 290 g/mol. The van der Waals surface area contributed by atoms with Gasteiger partial charge in [-0.25, -0.2) is 0 Å². The van der Waals surface area contributed by atoms with E-state index in [0.717, 1.165) is 13.1 Å². The molecule has 3 rings (SSSR count). The smallest absolute Gasteiger partial charge is 0.257 e. The third-order valence-electron chi connectivity index (χ3n) is 4.19. The summed E-state index contributed by atoms with van der Waals surface area (Å²) in [6, 6.07) is 8.31. The van der Waals surface area contributed by atoms with Crippen LogP contribution in [0, 0.1) is 0 Å². The summed E-state index contributed by atoms with van der Waals surface area (Å²) in [4.78, 5) is 19.2. The van der Waals surface area contributed by atoms with Gasteiger partial charge in [0.2, 0.25) is 0 Å². The summed E-state index contributed by atoms with van der Waals surface area (Å²) >= 11 is 0. The van der Waals surface area contributed by atoms with Crippen LogP contribution in [0.25, 0.3) is 0 Å². The van der Waals surface area contributed by atoms with Crippen LogP contribution in [0.15, 0.2) is 24.3 Å². The number of likely N-dealkylation sites (tertiary alicyclic amines) is 1. The molecule has 1 aromatic rings. The fourth-order valence-corrected chi connectivity index (χ4v) is 2.89. The zero-order valence-corrected chi connectivity index (χ0v) is 12.5. The highest BCUT2D eigenvalue weighted by atomic mass is 16.7. The highest BCUT2D eigenvalue weighted by Gasteiger charge is 2.26. The Morgan fingerprint density at radius 3 is 2.38 bits per heavy atom. The normalized spacial score (nSPS) is 20.4. The molecule has 0 N–H and O–H groups in total. The van der Waals surface area contributed by atoms with E-state index in [1.54, 1.807) is 7.11 Å². The number of carbonyl (C=O) groups excluding carboxylic acids is 1. The second-order valence-electron chi connectivity index (χ2n) is 5.62. The van der Waals surface area contributed by atoms with Crippen LogP contribution in [0.2, 0.25) is 0 Å². The molecule has 0 radical (unpaired) electrons. The molecular formula is C16H22N2O3. The Balaban J connectivity index is 1.67. The van der Waals surface area contributed by atoms with Gasteiger partial charge in [-0.2, -0.15) is 5.06 Å². The van der Waals surface area contributed by atoms with Gasteiger partial charge in [0.15, 0.2) is 5.75 Å². The second-order valence-corrected chi connectivity index (χ2v) is 5.62. The molecule has 1 amide bonds. The maximum atomic E-state index is 11.2. The van der Waals surface area contributed by atoms with Crippen LogP contribution < -0.4 is 4.84 Å². The molecule has 21 heavy (non-hydrogen) atoms. The van der Waals surface area contributed by atoms with Gasteiger partial charge in [-0.15, -0.1) is 0 Å². The summed E-state index contributed by atoms with van der Waals surface area (Å²) in [5.74, 6) is 0.762. The number of ether oxygens (including phenoxy) is 1. The lowest BCUT2D eigenvalue weighted by Crippen LogP contribution is -2.45. The highest BCUT2D eigenvalue weighted by Crippen LogP contribution is 2.27. The van der Waals surface area contributed by atoms with Crippen molar-refractivity contribution in [2.75, 3.05) is 33.4 Å². The van der Waals surface area contributed by atoms with Gasteiger partial charge in [-0.3, -0.25) is 9.69 Å². The van der Waals surface area contributed by atoms with Gasteiger partial charge in [0.25, 0.3) is 5.91 Å². The van der Waals surface area contributed by atoms with Gasteiger partial charge >= 0.3 is 0 Å². The van der Waals surface area contributed by atoms with Crippen LogP contribution in [0.5, 0.6) is 5.75 Å². The van der Waals surface area contributed by atoms with Gasteiger partial charge in [-0.05, 0) is 43.6 Å². The summed E-state index contributed by atoms with van der Waals surface area (Å²) in [6.45, 7) is 3.65. The van der Waals surface area contributed by atoms with Crippen molar-refractivity contribution >= 4 is 5.91 Å². The Labute approximate surface area is 125 Å². The molecule has 2 aliphatic heterocycles. The Hall–Kier alpha value is -1.59. The Morgan fingerprint density at radius 1 is 1.14 bits per heavy atom. The van der Waals surface area contributed by atoms with E-state index in [4.69, 9.17) is 9.57 Å². The molecule has 0 aliphatic carbocycles. The zero-order chi connectivity index (χ0) is 14.7. The van der Waals surface area contributed by atoms with Crippen molar-refractivity contribution in [3.63, 3.8) is 0 Å². The van der Waals surface area contributed by atoms with Gasteiger partial charge in [0, 0.05) is 7.11 Å². The number of nitrogens with zero attached hydrogens (tertiary/aromatic N) is 2. The van der Waals surface area contributed by atoms with Crippen molar-refractivity contribution in [2.24, 2.45) is 0 Å². The van der Waals surface area contributed by atoms with Crippen molar-refractivity contribution in [2.45, 2.75) is 25.3 Å². The first kappa shape index (κ1) is 14.4. The molecule has 5 heteroatoms. The molecular weight excluding hydrogens is 268 g/mol. The Bertz CT molecular complexity index is 483. The molecule has 1 atom stereocenters. The minimum Gasteiger partial charge on any atom is -0.383 e. The van der Waals surface area contributed by atoms with Crippen molar-refractivity contribution in [1.82, 2.24) is 9.96 Å². The molecule has 0 saturated carbocycles. The zero-order valence-electron chi connectivity index (χ0n) is 12.5. The number of amides is 1. The number of rotatable bonds is 6. The molecule has 0 bridgehead atoms. The molecule has 1 aromatic carbocycles. The van der Waals surface area contributed by atoms with Crippen molar-refractivity contribution in [3.8, 4) is 5.75 Å². The fraction of sp³-hybridized carbons (Fsp3) is 0.562. The van der Waals surface area contributed by atoms with Crippen LogP contribution in [0.1, 0.15) is 30.9 Å². The molecule has 5 nitrogen and oxygen atoms in total. The largest absolute Gasteiger partial charge is 0.383 e. The lowest BCUT2D eigenvalue weighted by atomic mass is 10.1. The van der Waals surface area contributed by atoms with Crippen molar-refractivity contribution < 1.29 is 14.4 Å². The number of hydrogen-bond donors (Lipinski definition) is 0. The maximum absolute atomic E-state index is 11.2. The lowest BCUT2D eigenvalue weighted by Gasteiger charge is -2.30. The van der Waals surface area contributed by atoms with Crippen LogP contribution in [-0.2, 0) is 9.53 Å². The molecule has 0 spiro atoms. The summed E-state index contributed by atoms with van der Waals surface area (Å²) in [6.07, 6.45) is 3.11. The number of benzene rings is 1. The third kappa shape index (κ3) is 3.19. The fourth-order valence-electron chi connectivity index (χ4n) is 2.89. The van der Waals surface area contributed by atoms with E-state index in [1.807, 2.05) is 12.1 Å². The van der Waals surface area contributed by atoms with E-state index < -0.39 is 0 Å². The van der Waals surface area contributed by atoms with Gasteiger partial charge in [0.05, 0.1) is 25.6 Å². The summed E-state index contributed by atoms with van der Waals surface area (Å²) < 4.78 is 5.38. The third-order valence-corrected chi connectivity index (χ3v) is 4.19. The van der Waals surface area contributed by atoms with E-state index in [-0.39, 0.29) is 5.91 Å². The highest BCUT2D eigenvalue weighted by molar-refractivity contribution is 5.80. The summed E-state index contributed by atoms with van der Waals surface area (Å²) in [5, 5.41) is 1.40. The Kier molecular flexibility index (Phi) is 4.41. The molecule has 114 valence electrons. The molecule has 1 unspecified atom stereocenters. The molecule has 2 fully saturated rings. The summed E-state index contributed by atoms with van der Waals surface area (Å²) in [7, 11) is 1.75. The number of hydroxylamine groups is 2. The first-order valence-corrected chi connectivity index (χ1v) is 7.59. The van der Waals surface area contributed by atoms with E-state index in [2.05, 4.69) is 17.0 Å². The number of methoxy groups -OCH3 is 1. The van der Waals surface area contributed by atoms with Crippen LogP contribution in [0.4, 0.5) is 0 Å². The summed E-state index contributed by atoms with van der Waals surface area (Å²) in [5.41, 5.74) is 1.24. The molecule has 2 heterocycles. The van der Waals surface area contributed by atoms with Gasteiger partial charge < -0.3 is 9.57 Å². The predicted octanol–water partition coefficient (Wildman–Crippen LogP) is 2.00. The van der Waals surface area contributed by atoms with Crippen LogP contribution >= 0.6 is 0 Å². The SMILES string of the molecule is COCC(c1ccc(ON2CCC2=O)cc1)N1CCCC1. The topological polar surface area (TPSA) is 42.0 Å². The van der Waals surface area contributed by atoms with E-state index in [1.165, 1.54) is 23.5 Å². The molecule has 0 aromatic heterocycles. The van der Waals surface area contributed by atoms with Crippen molar-refractivity contribution in [1.29, 1.82) is 0 Å². The quantitative estimate of drug-likeness (QED) is 0.752. The van der Waals surface area contributed by atoms with Crippen LogP contribution in [-0.4, -0.2) is 49.2 Å². The number of carbonyl (C=O) groups is 1. The average Bonchev–Trinajstić information content (AvgIpc) is 3.03. The number of hydrogen-bond acceptors (Lipinski definition) is 4. The van der Waals surface area contributed by atoms with E-state index in [0.29, 0.717) is 31.4 Å². The molecule has 2 saturated heterocycles. The maximum Gasteiger partial charge on any atom is 0.257 e. The number of β-lactam (4-membered cyclic amide) rings is 1. The minimum atomic E-state index is 0.0494. The van der Waals surface area contributed by atoms with Crippen LogP contribution in [0.3, 0.4) is 0 Å². The van der Waals surface area contributed by atoms with Gasteiger partial charge in [0.1, 0.15) is 0 Å². The monoisotopic (exact) mass is 290 g/mol. The first-order valence-electron chi connectivity index (χ1n) is 7.59. The van der Waals surface area contributed by atoms with Gasteiger partial charge in [-0.1, -0.05) is 12.1 Å². The first-order chi connectivity index (χ1) is 10.3. The second kappa shape index (κ2) is 6.45. The van der Waals surface area contributed by atoms with E-state index >= 15 is 0 Å². The van der Waals surface area contributed by atoms with E-state index in [9.17, 15) is 4.79 Å². The van der Waals surface area contributed by atoms with Crippen molar-refractivity contribution in [3.05, 3.63) is 29.8 Å².